The molecule has 0 atom stereocenters. The zero-order valence-corrected chi connectivity index (χ0v) is 3.61. The van der Waals surface area contributed by atoms with E-state index in [0.717, 1.165) is 0 Å². The van der Waals surface area contributed by atoms with Crippen LogP contribution >= 0.6 is 0 Å². The van der Waals surface area contributed by atoms with Crippen molar-refractivity contribution in [2.45, 2.75) is 6.92 Å². The summed E-state index contributed by atoms with van der Waals surface area (Å²) in [5.74, 6) is 0. The van der Waals surface area contributed by atoms with Gasteiger partial charge in [-0.15, -0.1) is 0 Å². The summed E-state index contributed by atoms with van der Waals surface area (Å²) < 4.78 is 11.1. The molecule has 0 rings (SSSR count). The topological polar surface area (TPSA) is 20.2 Å². The van der Waals surface area contributed by atoms with Gasteiger partial charge in [0.1, 0.15) is 0 Å². The first-order chi connectivity index (χ1) is 2.81. The van der Waals surface area contributed by atoms with Crippen LogP contribution in [0.15, 0.2) is 11.9 Å². The average Bonchev–Trinajstić information content (AvgIpc) is 1.65. The Morgan fingerprint density at radius 2 is 2.50 bits per heavy atom. The molecule has 36 valence electrons. The SMILES string of the molecule is CC(=CF)CO. The third-order valence-electron chi connectivity index (χ3n) is 0.436. The molecule has 6 heavy (non-hydrogen) atoms. The average molecular weight is 90.1 g/mol. The Morgan fingerprint density at radius 1 is 2.00 bits per heavy atom. The van der Waals surface area contributed by atoms with Crippen LogP contribution in [0.2, 0.25) is 0 Å². The Bertz CT molecular complexity index is 58.6. The fourth-order valence-electron chi connectivity index (χ4n) is 0.0345. The highest BCUT2D eigenvalue weighted by molar-refractivity contribution is 4.90. The lowest BCUT2D eigenvalue weighted by molar-refractivity contribution is 0.329. The van der Waals surface area contributed by atoms with E-state index in [-0.39, 0.29) is 6.61 Å². The highest BCUT2D eigenvalue weighted by Crippen LogP contribution is 1.86. The largest absolute Gasteiger partial charge is 0.392 e. The van der Waals surface area contributed by atoms with Crippen LogP contribution in [-0.2, 0) is 0 Å². The van der Waals surface area contributed by atoms with Gasteiger partial charge in [-0.3, -0.25) is 0 Å². The summed E-state index contributed by atoms with van der Waals surface area (Å²) in [6.45, 7) is 1.33. The van der Waals surface area contributed by atoms with Crippen molar-refractivity contribution in [3.8, 4) is 0 Å². The van der Waals surface area contributed by atoms with Gasteiger partial charge in [-0.1, -0.05) is 0 Å². The molecule has 0 heterocycles. The molecular formula is C4H7FO. The van der Waals surface area contributed by atoms with E-state index in [0.29, 0.717) is 11.9 Å². The van der Waals surface area contributed by atoms with Gasteiger partial charge in [0, 0.05) is 0 Å². The summed E-state index contributed by atoms with van der Waals surface area (Å²) in [4.78, 5) is 0. The highest BCUT2D eigenvalue weighted by Gasteiger charge is 1.77. The van der Waals surface area contributed by atoms with Crippen molar-refractivity contribution in [1.29, 1.82) is 0 Å². The molecule has 0 aliphatic heterocycles. The number of rotatable bonds is 1. The van der Waals surface area contributed by atoms with Gasteiger partial charge in [0.25, 0.3) is 0 Å². The highest BCUT2D eigenvalue weighted by atomic mass is 19.1. The molecule has 0 spiro atoms. The molecule has 0 saturated heterocycles. The Hall–Kier alpha value is -0.370. The molecule has 0 fully saturated rings. The van der Waals surface area contributed by atoms with Crippen LogP contribution in [0.25, 0.3) is 0 Å². The molecule has 0 aliphatic rings. The molecule has 0 aromatic rings. The van der Waals surface area contributed by atoms with E-state index in [9.17, 15) is 4.39 Å². The summed E-state index contributed by atoms with van der Waals surface area (Å²) in [6, 6.07) is 0. The van der Waals surface area contributed by atoms with Gasteiger partial charge in [0.2, 0.25) is 0 Å². The Morgan fingerprint density at radius 3 is 2.50 bits per heavy atom. The third-order valence-corrected chi connectivity index (χ3v) is 0.436. The first-order valence-corrected chi connectivity index (χ1v) is 1.68. The fourth-order valence-corrected chi connectivity index (χ4v) is 0.0345. The van der Waals surface area contributed by atoms with E-state index < -0.39 is 0 Å². The first-order valence-electron chi connectivity index (χ1n) is 1.68. The minimum absolute atomic E-state index is 0.184. The molecule has 0 unspecified atom stereocenters. The Kier molecular flexibility index (Phi) is 2.67. The molecule has 0 radical (unpaired) electrons. The van der Waals surface area contributed by atoms with E-state index in [2.05, 4.69) is 0 Å². The Balaban J connectivity index is 3.22. The summed E-state index contributed by atoms with van der Waals surface area (Å²) in [7, 11) is 0. The molecule has 1 N–H and O–H groups in total. The van der Waals surface area contributed by atoms with Crippen molar-refractivity contribution in [3.05, 3.63) is 11.9 Å². The molecule has 2 heteroatoms. The molecule has 0 bridgehead atoms. The maximum Gasteiger partial charge on any atom is 0.0879 e. The standard InChI is InChI=1S/C4H7FO/c1-4(2-5)3-6/h2,6H,3H2,1H3. The van der Waals surface area contributed by atoms with Gasteiger partial charge >= 0.3 is 0 Å². The van der Waals surface area contributed by atoms with Crippen LogP contribution in [0, 0.1) is 0 Å². The quantitative estimate of drug-likeness (QED) is 0.506. The second-order valence-electron chi connectivity index (χ2n) is 1.11. The minimum Gasteiger partial charge on any atom is -0.392 e. The molecule has 0 aliphatic carbocycles. The van der Waals surface area contributed by atoms with Crippen LogP contribution < -0.4 is 0 Å². The second kappa shape index (κ2) is 2.85. The van der Waals surface area contributed by atoms with Crippen LogP contribution in [-0.4, -0.2) is 11.7 Å². The number of aliphatic hydroxyl groups excluding tert-OH is 1. The summed E-state index contributed by atoms with van der Waals surface area (Å²) in [5, 5.41) is 8.03. The lowest BCUT2D eigenvalue weighted by Gasteiger charge is -1.82. The van der Waals surface area contributed by atoms with Gasteiger partial charge in [0.05, 0.1) is 12.9 Å². The smallest absolute Gasteiger partial charge is 0.0879 e. The van der Waals surface area contributed by atoms with Crippen LogP contribution in [0.5, 0.6) is 0 Å². The van der Waals surface area contributed by atoms with E-state index in [1.54, 1.807) is 0 Å². The van der Waals surface area contributed by atoms with Gasteiger partial charge < -0.3 is 5.11 Å². The van der Waals surface area contributed by atoms with Gasteiger partial charge in [-0.05, 0) is 12.5 Å². The van der Waals surface area contributed by atoms with E-state index >= 15 is 0 Å². The first kappa shape index (κ1) is 5.63. The van der Waals surface area contributed by atoms with Gasteiger partial charge in [0.15, 0.2) is 0 Å². The van der Waals surface area contributed by atoms with Crippen LogP contribution in [0.4, 0.5) is 4.39 Å². The number of hydrogen-bond acceptors (Lipinski definition) is 1. The lowest BCUT2D eigenvalue weighted by atomic mass is 10.4. The zero-order chi connectivity index (χ0) is 4.99. The molecule has 0 saturated carbocycles. The van der Waals surface area contributed by atoms with Crippen molar-refractivity contribution >= 4 is 0 Å². The van der Waals surface area contributed by atoms with Crippen molar-refractivity contribution in [2.75, 3.05) is 6.61 Å². The number of aliphatic hydroxyl groups is 1. The maximum absolute atomic E-state index is 11.1. The van der Waals surface area contributed by atoms with Crippen molar-refractivity contribution < 1.29 is 9.50 Å². The molecule has 0 aromatic carbocycles. The van der Waals surface area contributed by atoms with E-state index in [1.165, 1.54) is 6.92 Å². The number of hydrogen-bond donors (Lipinski definition) is 1. The van der Waals surface area contributed by atoms with Crippen molar-refractivity contribution in [2.24, 2.45) is 0 Å². The molecular weight excluding hydrogens is 83.0 g/mol. The predicted molar refractivity (Wildman–Crippen MR) is 22.0 cm³/mol. The Labute approximate surface area is 36.1 Å². The third kappa shape index (κ3) is 1.91. The van der Waals surface area contributed by atoms with Crippen LogP contribution in [0.1, 0.15) is 6.92 Å². The van der Waals surface area contributed by atoms with Crippen molar-refractivity contribution in [3.63, 3.8) is 0 Å². The number of halogens is 1. The minimum atomic E-state index is -0.184. The monoisotopic (exact) mass is 90.0 g/mol. The normalized spacial score (nSPS) is 12.2. The fraction of sp³-hybridized carbons (Fsp3) is 0.500. The predicted octanol–water partition coefficient (Wildman–Crippen LogP) is 0.852. The molecule has 0 amide bonds. The molecule has 1 nitrogen and oxygen atoms in total. The van der Waals surface area contributed by atoms with Crippen LogP contribution in [0.3, 0.4) is 0 Å². The molecule has 0 aromatic heterocycles. The van der Waals surface area contributed by atoms with E-state index in [1.807, 2.05) is 0 Å². The van der Waals surface area contributed by atoms with Crippen molar-refractivity contribution in [1.82, 2.24) is 0 Å². The zero-order valence-electron chi connectivity index (χ0n) is 3.61. The van der Waals surface area contributed by atoms with E-state index in [4.69, 9.17) is 5.11 Å². The lowest BCUT2D eigenvalue weighted by Crippen LogP contribution is -1.79. The van der Waals surface area contributed by atoms with Gasteiger partial charge in [-0.25, -0.2) is 4.39 Å². The summed E-state index contributed by atoms with van der Waals surface area (Å²) >= 11 is 0. The van der Waals surface area contributed by atoms with Gasteiger partial charge in [-0.2, -0.15) is 0 Å². The summed E-state index contributed by atoms with van der Waals surface area (Å²) in [5.41, 5.74) is 0.356. The summed E-state index contributed by atoms with van der Waals surface area (Å²) in [6.07, 6.45) is 0.389. The maximum atomic E-state index is 11.1. The second-order valence-corrected chi connectivity index (χ2v) is 1.11.